The third-order valence-electron chi connectivity index (χ3n) is 4.72. The van der Waals surface area contributed by atoms with E-state index in [2.05, 4.69) is 29.1 Å². The molecule has 0 atom stereocenters. The zero-order valence-corrected chi connectivity index (χ0v) is 13.1. The van der Waals surface area contributed by atoms with Crippen LogP contribution in [-0.2, 0) is 0 Å². The predicted molar refractivity (Wildman–Crippen MR) is 90.7 cm³/mol. The number of nitrogen functional groups attached to an aromatic ring is 1. The molecule has 0 amide bonds. The standard InChI is InChI=1S/C18H25N3/c1-13-10-15-16(11-20-13)17(19)8-9-18(15)21(2)12-14-6-4-3-5-7-14/h8-11,14H,3-7,12,19H2,1-2H3. The third-order valence-corrected chi connectivity index (χ3v) is 4.72. The van der Waals surface area contributed by atoms with Crippen LogP contribution in [0.25, 0.3) is 10.8 Å². The van der Waals surface area contributed by atoms with E-state index < -0.39 is 0 Å². The Morgan fingerprint density at radius 1 is 1.19 bits per heavy atom. The molecule has 0 radical (unpaired) electrons. The molecular formula is C18H25N3. The van der Waals surface area contributed by atoms with Crippen LogP contribution in [-0.4, -0.2) is 18.6 Å². The first kappa shape index (κ1) is 14.2. The number of anilines is 2. The van der Waals surface area contributed by atoms with Gasteiger partial charge in [0, 0.05) is 47.6 Å². The molecule has 0 spiro atoms. The zero-order valence-electron chi connectivity index (χ0n) is 13.1. The molecule has 1 fully saturated rings. The lowest BCUT2D eigenvalue weighted by Crippen LogP contribution is -2.27. The summed E-state index contributed by atoms with van der Waals surface area (Å²) in [7, 11) is 2.20. The van der Waals surface area contributed by atoms with Gasteiger partial charge in [0.25, 0.3) is 0 Å². The van der Waals surface area contributed by atoms with Gasteiger partial charge in [-0.25, -0.2) is 0 Å². The predicted octanol–water partition coefficient (Wildman–Crippen LogP) is 4.14. The number of aryl methyl sites for hydroxylation is 1. The minimum absolute atomic E-state index is 0.812. The third kappa shape index (κ3) is 2.97. The second kappa shape index (κ2) is 5.92. The van der Waals surface area contributed by atoms with Gasteiger partial charge in [0.15, 0.2) is 0 Å². The van der Waals surface area contributed by atoms with Crippen molar-refractivity contribution in [3.05, 3.63) is 30.1 Å². The van der Waals surface area contributed by atoms with Gasteiger partial charge in [-0.05, 0) is 43.9 Å². The van der Waals surface area contributed by atoms with E-state index in [1.807, 2.05) is 19.2 Å². The molecule has 0 bridgehead atoms. The van der Waals surface area contributed by atoms with Crippen molar-refractivity contribution >= 4 is 22.1 Å². The van der Waals surface area contributed by atoms with Gasteiger partial charge >= 0.3 is 0 Å². The number of nitrogens with two attached hydrogens (primary N) is 1. The number of rotatable bonds is 3. The van der Waals surface area contributed by atoms with E-state index in [-0.39, 0.29) is 0 Å². The number of aromatic nitrogens is 1. The molecule has 0 aliphatic heterocycles. The molecule has 1 aliphatic rings. The lowest BCUT2D eigenvalue weighted by Gasteiger charge is -2.29. The Hall–Kier alpha value is -1.77. The summed E-state index contributed by atoms with van der Waals surface area (Å²) in [5.74, 6) is 0.833. The largest absolute Gasteiger partial charge is 0.398 e. The fourth-order valence-corrected chi connectivity index (χ4v) is 3.54. The summed E-state index contributed by atoms with van der Waals surface area (Å²) in [6.07, 6.45) is 8.84. The van der Waals surface area contributed by atoms with Crippen molar-refractivity contribution in [3.63, 3.8) is 0 Å². The van der Waals surface area contributed by atoms with E-state index in [4.69, 9.17) is 5.73 Å². The number of benzene rings is 1. The van der Waals surface area contributed by atoms with Crippen molar-refractivity contribution in [1.29, 1.82) is 0 Å². The molecule has 2 N–H and O–H groups in total. The highest BCUT2D eigenvalue weighted by molar-refractivity contribution is 6.01. The van der Waals surface area contributed by atoms with Crippen molar-refractivity contribution in [1.82, 2.24) is 4.98 Å². The highest BCUT2D eigenvalue weighted by atomic mass is 15.1. The van der Waals surface area contributed by atoms with E-state index in [1.54, 1.807) is 0 Å². The lowest BCUT2D eigenvalue weighted by molar-refractivity contribution is 0.362. The number of fused-ring (bicyclic) bond motifs is 1. The first-order valence-corrected chi connectivity index (χ1v) is 8.01. The van der Waals surface area contributed by atoms with E-state index in [9.17, 15) is 0 Å². The van der Waals surface area contributed by atoms with E-state index in [1.165, 1.54) is 43.2 Å². The van der Waals surface area contributed by atoms with Gasteiger partial charge in [0.2, 0.25) is 0 Å². The van der Waals surface area contributed by atoms with Crippen LogP contribution in [0.2, 0.25) is 0 Å². The van der Waals surface area contributed by atoms with Crippen molar-refractivity contribution in [2.45, 2.75) is 39.0 Å². The highest BCUT2D eigenvalue weighted by Crippen LogP contribution is 2.32. The van der Waals surface area contributed by atoms with Crippen LogP contribution < -0.4 is 10.6 Å². The summed E-state index contributed by atoms with van der Waals surface area (Å²) >= 11 is 0. The highest BCUT2D eigenvalue weighted by Gasteiger charge is 2.17. The van der Waals surface area contributed by atoms with Crippen LogP contribution in [0.15, 0.2) is 24.4 Å². The van der Waals surface area contributed by atoms with Gasteiger partial charge in [-0.1, -0.05) is 19.3 Å². The van der Waals surface area contributed by atoms with Crippen LogP contribution in [0.3, 0.4) is 0 Å². The van der Waals surface area contributed by atoms with Gasteiger partial charge in [-0.3, -0.25) is 4.98 Å². The number of hydrogen-bond donors (Lipinski definition) is 1. The van der Waals surface area contributed by atoms with Crippen molar-refractivity contribution in [2.75, 3.05) is 24.2 Å². The molecule has 0 saturated heterocycles. The number of pyridine rings is 1. The molecule has 3 rings (SSSR count). The van der Waals surface area contributed by atoms with Crippen LogP contribution in [0.1, 0.15) is 37.8 Å². The Kier molecular flexibility index (Phi) is 4.00. The number of hydrogen-bond acceptors (Lipinski definition) is 3. The van der Waals surface area contributed by atoms with E-state index in [0.717, 1.165) is 29.2 Å². The van der Waals surface area contributed by atoms with Crippen LogP contribution in [0, 0.1) is 12.8 Å². The van der Waals surface area contributed by atoms with Crippen molar-refractivity contribution in [3.8, 4) is 0 Å². The monoisotopic (exact) mass is 283 g/mol. The van der Waals surface area contributed by atoms with Crippen LogP contribution >= 0.6 is 0 Å². The SMILES string of the molecule is Cc1cc2c(N(C)CC3CCCCC3)ccc(N)c2cn1. The summed E-state index contributed by atoms with van der Waals surface area (Å²) in [6, 6.07) is 6.31. The summed E-state index contributed by atoms with van der Waals surface area (Å²) in [5, 5.41) is 2.29. The van der Waals surface area contributed by atoms with Gasteiger partial charge in [0.1, 0.15) is 0 Å². The Bertz CT molecular complexity index is 630. The maximum absolute atomic E-state index is 6.10. The summed E-state index contributed by atoms with van der Waals surface area (Å²) in [5.41, 5.74) is 9.23. The topological polar surface area (TPSA) is 42.1 Å². The number of nitrogens with zero attached hydrogens (tertiary/aromatic N) is 2. The molecule has 3 heteroatoms. The normalized spacial score (nSPS) is 16.3. The minimum atomic E-state index is 0.812. The van der Waals surface area contributed by atoms with Crippen molar-refractivity contribution < 1.29 is 0 Å². The summed E-state index contributed by atoms with van der Waals surface area (Å²) in [4.78, 5) is 6.79. The Balaban J connectivity index is 1.91. The zero-order chi connectivity index (χ0) is 14.8. The molecule has 1 aliphatic carbocycles. The molecule has 1 aromatic heterocycles. The molecule has 112 valence electrons. The van der Waals surface area contributed by atoms with Gasteiger partial charge < -0.3 is 10.6 Å². The van der Waals surface area contributed by atoms with Crippen LogP contribution in [0.4, 0.5) is 11.4 Å². The Morgan fingerprint density at radius 2 is 1.95 bits per heavy atom. The smallest absolute Gasteiger partial charge is 0.0446 e. The molecule has 2 aromatic rings. The van der Waals surface area contributed by atoms with Gasteiger partial charge in [-0.15, -0.1) is 0 Å². The average molecular weight is 283 g/mol. The lowest BCUT2D eigenvalue weighted by atomic mass is 9.89. The van der Waals surface area contributed by atoms with E-state index >= 15 is 0 Å². The van der Waals surface area contributed by atoms with E-state index in [0.29, 0.717) is 0 Å². The molecule has 3 nitrogen and oxygen atoms in total. The first-order valence-electron chi connectivity index (χ1n) is 8.01. The molecule has 0 unspecified atom stereocenters. The molecular weight excluding hydrogens is 258 g/mol. The maximum Gasteiger partial charge on any atom is 0.0446 e. The van der Waals surface area contributed by atoms with Gasteiger partial charge in [-0.2, -0.15) is 0 Å². The Labute approximate surface area is 127 Å². The Morgan fingerprint density at radius 3 is 2.71 bits per heavy atom. The molecule has 21 heavy (non-hydrogen) atoms. The van der Waals surface area contributed by atoms with Gasteiger partial charge in [0.05, 0.1) is 0 Å². The molecule has 1 heterocycles. The average Bonchev–Trinajstić information content (AvgIpc) is 2.48. The summed E-state index contributed by atoms with van der Waals surface area (Å²) in [6.45, 7) is 3.17. The molecule has 1 aromatic carbocycles. The fraction of sp³-hybridized carbons (Fsp3) is 0.500. The quantitative estimate of drug-likeness (QED) is 0.861. The molecule has 1 saturated carbocycles. The first-order chi connectivity index (χ1) is 10.1. The second-order valence-corrected chi connectivity index (χ2v) is 6.43. The second-order valence-electron chi connectivity index (χ2n) is 6.43. The van der Waals surface area contributed by atoms with Crippen LogP contribution in [0.5, 0.6) is 0 Å². The van der Waals surface area contributed by atoms with Crippen molar-refractivity contribution in [2.24, 2.45) is 5.92 Å². The maximum atomic E-state index is 6.10. The minimum Gasteiger partial charge on any atom is -0.398 e. The fourth-order valence-electron chi connectivity index (χ4n) is 3.54. The summed E-state index contributed by atoms with van der Waals surface area (Å²) < 4.78 is 0.